The van der Waals surface area contributed by atoms with E-state index in [0.29, 0.717) is 17.8 Å². The Morgan fingerprint density at radius 2 is 2.10 bits per heavy atom. The lowest BCUT2D eigenvalue weighted by molar-refractivity contribution is -0.120. The zero-order valence-corrected chi connectivity index (χ0v) is 12.8. The molecule has 4 nitrogen and oxygen atoms in total. The summed E-state index contributed by atoms with van der Waals surface area (Å²) in [5.41, 5.74) is 6.10. The van der Waals surface area contributed by atoms with E-state index in [9.17, 15) is 9.18 Å². The van der Waals surface area contributed by atoms with E-state index >= 15 is 0 Å². The van der Waals surface area contributed by atoms with Gasteiger partial charge in [-0.2, -0.15) is 0 Å². The van der Waals surface area contributed by atoms with Crippen LogP contribution in [0.4, 0.5) is 15.8 Å². The molecule has 1 saturated heterocycles. The maximum absolute atomic E-state index is 14.2. The quantitative estimate of drug-likeness (QED) is 0.877. The number of rotatable bonds is 5. The van der Waals surface area contributed by atoms with Gasteiger partial charge in [0.25, 0.3) is 0 Å². The summed E-state index contributed by atoms with van der Waals surface area (Å²) < 4.78 is 14.2. The molecule has 1 aromatic carbocycles. The zero-order chi connectivity index (χ0) is 15.5. The lowest BCUT2D eigenvalue weighted by Gasteiger charge is -2.23. The molecule has 116 valence electrons. The van der Waals surface area contributed by atoms with Crippen LogP contribution in [0.15, 0.2) is 18.2 Å². The van der Waals surface area contributed by atoms with Gasteiger partial charge >= 0.3 is 0 Å². The number of nitrogens with one attached hydrogen (secondary N) is 1. The molecule has 0 bridgehead atoms. The van der Waals surface area contributed by atoms with Crippen molar-refractivity contribution in [2.75, 3.05) is 23.3 Å². The van der Waals surface area contributed by atoms with Crippen molar-refractivity contribution < 1.29 is 9.18 Å². The van der Waals surface area contributed by atoms with Crippen molar-refractivity contribution in [3.8, 4) is 0 Å². The van der Waals surface area contributed by atoms with Crippen LogP contribution in [-0.4, -0.2) is 24.5 Å². The molecule has 1 fully saturated rings. The highest BCUT2D eigenvalue weighted by atomic mass is 19.1. The number of halogens is 1. The molecular weight excluding hydrogens is 269 g/mol. The number of hydrogen-bond acceptors (Lipinski definition) is 3. The van der Waals surface area contributed by atoms with Crippen LogP contribution in [0.1, 0.15) is 39.5 Å². The van der Waals surface area contributed by atoms with Crippen molar-refractivity contribution in [2.45, 2.75) is 45.1 Å². The van der Waals surface area contributed by atoms with Gasteiger partial charge in [-0.25, -0.2) is 4.39 Å². The summed E-state index contributed by atoms with van der Waals surface area (Å²) in [6, 6.07) is 4.83. The van der Waals surface area contributed by atoms with E-state index in [1.807, 2.05) is 11.8 Å². The molecule has 0 aromatic heterocycles. The van der Waals surface area contributed by atoms with Gasteiger partial charge in [0.1, 0.15) is 5.82 Å². The largest absolute Gasteiger partial charge is 0.369 e. The normalized spacial score (nSPS) is 17.6. The van der Waals surface area contributed by atoms with Gasteiger partial charge in [-0.1, -0.05) is 13.3 Å². The number of anilines is 2. The molecule has 1 aromatic rings. The third-order valence-corrected chi connectivity index (χ3v) is 3.94. The van der Waals surface area contributed by atoms with Crippen LogP contribution in [0.3, 0.4) is 0 Å². The second kappa shape index (κ2) is 6.43. The third kappa shape index (κ3) is 3.73. The fourth-order valence-corrected chi connectivity index (χ4v) is 2.71. The lowest BCUT2D eigenvalue weighted by Crippen LogP contribution is -2.48. The van der Waals surface area contributed by atoms with Gasteiger partial charge in [-0.05, 0) is 44.4 Å². The number of amides is 1. The molecule has 0 saturated carbocycles. The van der Waals surface area contributed by atoms with Gasteiger partial charge in [0.2, 0.25) is 5.91 Å². The summed E-state index contributed by atoms with van der Waals surface area (Å²) in [7, 11) is 0. The average molecular weight is 293 g/mol. The highest BCUT2D eigenvalue weighted by Gasteiger charge is 2.27. The first-order valence-electron chi connectivity index (χ1n) is 7.59. The Kier molecular flexibility index (Phi) is 4.83. The second-order valence-electron chi connectivity index (χ2n) is 5.98. The van der Waals surface area contributed by atoms with Crippen molar-refractivity contribution in [3.05, 3.63) is 24.0 Å². The Labute approximate surface area is 125 Å². The molecule has 21 heavy (non-hydrogen) atoms. The minimum Gasteiger partial charge on any atom is -0.369 e. The topological polar surface area (TPSA) is 58.4 Å². The van der Waals surface area contributed by atoms with Crippen molar-refractivity contribution in [3.63, 3.8) is 0 Å². The van der Waals surface area contributed by atoms with E-state index in [2.05, 4.69) is 5.32 Å². The SMILES string of the molecule is CCCC(C)(N)C(=O)Nc1ccc(N2CCCC2)c(F)c1. The molecule has 1 aliphatic rings. The van der Waals surface area contributed by atoms with Crippen LogP contribution in [0, 0.1) is 5.82 Å². The smallest absolute Gasteiger partial charge is 0.244 e. The Morgan fingerprint density at radius 3 is 2.67 bits per heavy atom. The van der Waals surface area contributed by atoms with Crippen LogP contribution in [0.5, 0.6) is 0 Å². The maximum atomic E-state index is 14.2. The van der Waals surface area contributed by atoms with Gasteiger partial charge < -0.3 is 16.0 Å². The second-order valence-corrected chi connectivity index (χ2v) is 5.98. The highest BCUT2D eigenvalue weighted by molar-refractivity contribution is 5.97. The predicted molar refractivity (Wildman–Crippen MR) is 84.0 cm³/mol. The highest BCUT2D eigenvalue weighted by Crippen LogP contribution is 2.26. The molecular formula is C16H24FN3O. The molecule has 2 rings (SSSR count). The molecule has 1 aliphatic heterocycles. The number of carbonyl (C=O) groups excluding carboxylic acids is 1. The minimum absolute atomic E-state index is 0.280. The summed E-state index contributed by atoms with van der Waals surface area (Å²) in [5, 5.41) is 2.70. The number of nitrogens with two attached hydrogens (primary N) is 1. The van der Waals surface area contributed by atoms with Crippen molar-refractivity contribution in [2.24, 2.45) is 5.73 Å². The first kappa shape index (κ1) is 15.8. The van der Waals surface area contributed by atoms with Crippen LogP contribution in [0.2, 0.25) is 0 Å². The first-order chi connectivity index (χ1) is 9.94. The van der Waals surface area contributed by atoms with Crippen molar-refractivity contribution in [1.29, 1.82) is 0 Å². The molecule has 1 heterocycles. The molecule has 1 unspecified atom stereocenters. The fourth-order valence-electron chi connectivity index (χ4n) is 2.71. The maximum Gasteiger partial charge on any atom is 0.244 e. The summed E-state index contributed by atoms with van der Waals surface area (Å²) >= 11 is 0. The Bertz CT molecular complexity index is 510. The standard InChI is InChI=1S/C16H24FN3O/c1-3-8-16(2,18)15(21)19-12-6-7-14(13(17)11-12)20-9-4-5-10-20/h6-7,11H,3-5,8-10,18H2,1-2H3,(H,19,21). The predicted octanol–water partition coefficient (Wildman–Crippen LogP) is 2.88. The van der Waals surface area contributed by atoms with E-state index in [0.717, 1.165) is 32.4 Å². The first-order valence-corrected chi connectivity index (χ1v) is 7.59. The van der Waals surface area contributed by atoms with Crippen molar-refractivity contribution >= 4 is 17.3 Å². The van der Waals surface area contributed by atoms with Gasteiger partial charge in [-0.15, -0.1) is 0 Å². The van der Waals surface area contributed by atoms with Crippen LogP contribution < -0.4 is 16.0 Å². The Morgan fingerprint density at radius 1 is 1.43 bits per heavy atom. The summed E-state index contributed by atoms with van der Waals surface area (Å²) in [5.74, 6) is -0.582. The molecule has 1 amide bonds. The number of nitrogens with zero attached hydrogens (tertiary/aromatic N) is 1. The number of benzene rings is 1. The average Bonchev–Trinajstić information content (AvgIpc) is 2.92. The Hall–Kier alpha value is -1.62. The summed E-state index contributed by atoms with van der Waals surface area (Å²) in [4.78, 5) is 14.1. The molecule has 0 spiro atoms. The Balaban J connectivity index is 2.08. The van der Waals surface area contributed by atoms with Gasteiger partial charge in [-0.3, -0.25) is 4.79 Å². The molecule has 0 aliphatic carbocycles. The molecule has 5 heteroatoms. The molecule has 0 radical (unpaired) electrons. The third-order valence-electron chi connectivity index (χ3n) is 3.94. The molecule has 3 N–H and O–H groups in total. The van der Waals surface area contributed by atoms with Crippen molar-refractivity contribution in [1.82, 2.24) is 0 Å². The van der Waals surface area contributed by atoms with E-state index in [1.165, 1.54) is 6.07 Å². The summed E-state index contributed by atoms with van der Waals surface area (Å²) in [6.45, 7) is 5.45. The number of carbonyl (C=O) groups is 1. The van der Waals surface area contributed by atoms with Crippen LogP contribution >= 0.6 is 0 Å². The zero-order valence-electron chi connectivity index (χ0n) is 12.8. The summed E-state index contributed by atoms with van der Waals surface area (Å²) in [6.07, 6.45) is 3.61. The molecule has 1 atom stereocenters. The van der Waals surface area contributed by atoms with Crippen LogP contribution in [-0.2, 0) is 4.79 Å². The monoisotopic (exact) mass is 293 g/mol. The lowest BCUT2D eigenvalue weighted by atomic mass is 9.96. The van der Waals surface area contributed by atoms with Gasteiger partial charge in [0.15, 0.2) is 0 Å². The minimum atomic E-state index is -0.932. The van der Waals surface area contributed by atoms with E-state index < -0.39 is 5.54 Å². The van der Waals surface area contributed by atoms with E-state index in [4.69, 9.17) is 5.73 Å². The van der Waals surface area contributed by atoms with E-state index in [1.54, 1.807) is 19.1 Å². The number of hydrogen-bond donors (Lipinski definition) is 2. The van der Waals surface area contributed by atoms with Gasteiger partial charge in [0.05, 0.1) is 11.2 Å². The fraction of sp³-hybridized carbons (Fsp3) is 0.562. The van der Waals surface area contributed by atoms with Gasteiger partial charge in [0, 0.05) is 18.8 Å². The van der Waals surface area contributed by atoms with Crippen LogP contribution in [0.25, 0.3) is 0 Å². The van der Waals surface area contributed by atoms with E-state index in [-0.39, 0.29) is 11.7 Å².